The third-order valence-corrected chi connectivity index (χ3v) is 5.81. The zero-order valence-corrected chi connectivity index (χ0v) is 17.7. The van der Waals surface area contributed by atoms with Gasteiger partial charge < -0.3 is 15.7 Å². The largest absolute Gasteiger partial charge is 0.477 e. The summed E-state index contributed by atoms with van der Waals surface area (Å²) in [7, 11) is 0. The van der Waals surface area contributed by atoms with Crippen LogP contribution < -0.4 is 16.1 Å². The predicted molar refractivity (Wildman–Crippen MR) is 117 cm³/mol. The van der Waals surface area contributed by atoms with Crippen molar-refractivity contribution in [2.24, 2.45) is 5.73 Å². The molecular formula is C23H21F3N4O3. The fraction of sp³-hybridized carbons (Fsp3) is 0.261. The van der Waals surface area contributed by atoms with E-state index in [0.29, 0.717) is 25.7 Å². The number of carboxylic acid groups (broad SMARTS) is 1. The fourth-order valence-electron chi connectivity index (χ4n) is 3.99. The van der Waals surface area contributed by atoms with Gasteiger partial charge in [0.25, 0.3) is 0 Å². The molecule has 0 radical (unpaired) electrons. The summed E-state index contributed by atoms with van der Waals surface area (Å²) in [6.07, 6.45) is 2.48. The lowest BCUT2D eigenvalue weighted by Gasteiger charge is -2.31. The number of benzene rings is 1. The number of nitrogens with two attached hydrogens (primary N) is 1. The maximum Gasteiger partial charge on any atom is 0.341 e. The van der Waals surface area contributed by atoms with Crippen LogP contribution in [0.5, 0.6) is 0 Å². The molecule has 3 aromatic rings. The molecule has 0 bridgehead atoms. The second-order valence-corrected chi connectivity index (χ2v) is 7.92. The van der Waals surface area contributed by atoms with Gasteiger partial charge in [-0.1, -0.05) is 11.1 Å². The third-order valence-electron chi connectivity index (χ3n) is 5.81. The molecule has 10 heteroatoms. The van der Waals surface area contributed by atoms with Crippen molar-refractivity contribution in [2.45, 2.75) is 19.8 Å². The molecule has 0 atom stereocenters. The molecule has 1 aromatic carbocycles. The maximum atomic E-state index is 15.1. The van der Waals surface area contributed by atoms with E-state index >= 15 is 4.39 Å². The number of hydrogen-bond donors (Lipinski definition) is 2. The number of rotatable bonds is 4. The summed E-state index contributed by atoms with van der Waals surface area (Å²) in [4.78, 5) is 30.4. The van der Waals surface area contributed by atoms with Gasteiger partial charge in [0.1, 0.15) is 17.2 Å². The average Bonchev–Trinajstić information content (AvgIpc) is 2.79. The fourth-order valence-corrected chi connectivity index (χ4v) is 3.99. The number of aromatic carboxylic acids is 1. The summed E-state index contributed by atoms with van der Waals surface area (Å²) in [6.45, 7) is 3.17. The number of nitrogens with zero attached hydrogens (tertiary/aromatic N) is 3. The highest BCUT2D eigenvalue weighted by Gasteiger charge is 2.24. The van der Waals surface area contributed by atoms with Gasteiger partial charge in [0.05, 0.1) is 11.1 Å². The van der Waals surface area contributed by atoms with Gasteiger partial charge in [-0.3, -0.25) is 9.36 Å². The Hall–Kier alpha value is -3.66. The topological polar surface area (TPSA) is 101 Å². The van der Waals surface area contributed by atoms with E-state index in [0.717, 1.165) is 53.0 Å². The van der Waals surface area contributed by atoms with E-state index in [1.165, 1.54) is 0 Å². The molecule has 33 heavy (non-hydrogen) atoms. The lowest BCUT2D eigenvalue weighted by atomic mass is 9.99. The van der Waals surface area contributed by atoms with Crippen LogP contribution in [-0.4, -0.2) is 40.3 Å². The summed E-state index contributed by atoms with van der Waals surface area (Å²) in [6, 6.07) is 3.63. The Labute approximate surface area is 186 Å². The Morgan fingerprint density at radius 2 is 1.97 bits per heavy atom. The summed E-state index contributed by atoms with van der Waals surface area (Å²) >= 11 is 0. The van der Waals surface area contributed by atoms with Crippen LogP contribution >= 0.6 is 0 Å². The minimum absolute atomic E-state index is 0.0525. The number of fused-ring (bicyclic) bond motifs is 1. The highest BCUT2D eigenvalue weighted by Crippen LogP contribution is 2.28. The molecule has 172 valence electrons. The number of halogens is 3. The Kier molecular flexibility index (Phi) is 5.94. The van der Waals surface area contributed by atoms with Crippen molar-refractivity contribution < 1.29 is 23.1 Å². The van der Waals surface area contributed by atoms with Crippen molar-refractivity contribution in [3.63, 3.8) is 0 Å². The first-order chi connectivity index (χ1) is 15.7. The number of anilines is 1. The number of aromatic nitrogens is 2. The van der Waals surface area contributed by atoms with Crippen molar-refractivity contribution >= 4 is 22.8 Å². The SMILES string of the molecule is C/C(CN)=C1\CCCN(c2nc3c(cc2F)c(=O)c(C(=O)O)cn3-c2ccc(F)cc2F)C1. The number of carboxylic acids is 1. The summed E-state index contributed by atoms with van der Waals surface area (Å²) < 4.78 is 44.2. The van der Waals surface area contributed by atoms with Crippen LogP contribution in [0.1, 0.15) is 30.1 Å². The molecule has 0 spiro atoms. The molecule has 4 rings (SSSR count). The molecule has 1 aliphatic heterocycles. The Bertz CT molecular complexity index is 1370. The molecule has 1 aliphatic rings. The molecule has 0 unspecified atom stereocenters. The van der Waals surface area contributed by atoms with E-state index in [4.69, 9.17) is 5.73 Å². The van der Waals surface area contributed by atoms with E-state index < -0.39 is 34.4 Å². The molecule has 0 aliphatic carbocycles. The van der Waals surface area contributed by atoms with E-state index in [1.807, 2.05) is 6.92 Å². The number of carbonyl (C=O) groups is 1. The number of pyridine rings is 2. The molecule has 3 heterocycles. The molecular weight excluding hydrogens is 437 g/mol. The van der Waals surface area contributed by atoms with Gasteiger partial charge in [0, 0.05) is 31.9 Å². The minimum atomic E-state index is -1.56. The minimum Gasteiger partial charge on any atom is -0.477 e. The second-order valence-electron chi connectivity index (χ2n) is 7.92. The van der Waals surface area contributed by atoms with Crippen LogP contribution in [0.4, 0.5) is 19.0 Å². The maximum absolute atomic E-state index is 15.1. The molecule has 3 N–H and O–H groups in total. The van der Waals surface area contributed by atoms with Crippen molar-refractivity contribution in [2.75, 3.05) is 24.5 Å². The molecule has 1 saturated heterocycles. The molecule has 0 saturated carbocycles. The highest BCUT2D eigenvalue weighted by molar-refractivity contribution is 5.92. The summed E-state index contributed by atoms with van der Waals surface area (Å²) in [5.74, 6) is -4.25. The van der Waals surface area contributed by atoms with Gasteiger partial charge in [0.2, 0.25) is 5.43 Å². The zero-order chi connectivity index (χ0) is 23.9. The van der Waals surface area contributed by atoms with Crippen molar-refractivity contribution in [3.8, 4) is 5.69 Å². The first-order valence-corrected chi connectivity index (χ1v) is 10.3. The highest BCUT2D eigenvalue weighted by atomic mass is 19.1. The van der Waals surface area contributed by atoms with Crippen molar-refractivity contribution in [1.82, 2.24) is 9.55 Å². The molecule has 0 amide bonds. The van der Waals surface area contributed by atoms with E-state index in [2.05, 4.69) is 4.98 Å². The van der Waals surface area contributed by atoms with Crippen LogP contribution in [0, 0.1) is 17.5 Å². The van der Waals surface area contributed by atoms with Crippen LogP contribution in [0.25, 0.3) is 16.7 Å². The van der Waals surface area contributed by atoms with E-state index in [1.54, 1.807) is 4.90 Å². The van der Waals surface area contributed by atoms with Gasteiger partial charge in [-0.2, -0.15) is 0 Å². The van der Waals surface area contributed by atoms with Crippen LogP contribution in [0.3, 0.4) is 0 Å². The van der Waals surface area contributed by atoms with E-state index in [-0.39, 0.29) is 22.5 Å². The quantitative estimate of drug-likeness (QED) is 0.582. The Morgan fingerprint density at radius 1 is 1.21 bits per heavy atom. The number of piperidine rings is 1. The van der Waals surface area contributed by atoms with Crippen LogP contribution in [0.2, 0.25) is 0 Å². The van der Waals surface area contributed by atoms with Gasteiger partial charge in [-0.15, -0.1) is 0 Å². The molecule has 7 nitrogen and oxygen atoms in total. The second kappa shape index (κ2) is 8.70. The predicted octanol–water partition coefficient (Wildman–Crippen LogP) is 3.38. The van der Waals surface area contributed by atoms with Gasteiger partial charge in [0.15, 0.2) is 17.3 Å². The normalized spacial score (nSPS) is 15.7. The van der Waals surface area contributed by atoms with Crippen molar-refractivity contribution in [1.29, 1.82) is 0 Å². The zero-order valence-electron chi connectivity index (χ0n) is 17.7. The lowest BCUT2D eigenvalue weighted by molar-refractivity contribution is 0.0695. The van der Waals surface area contributed by atoms with Gasteiger partial charge >= 0.3 is 5.97 Å². The number of hydrogen-bond acceptors (Lipinski definition) is 5. The summed E-state index contributed by atoms with van der Waals surface area (Å²) in [5.41, 5.74) is 5.79. The van der Waals surface area contributed by atoms with Gasteiger partial charge in [-0.05, 0) is 38.0 Å². The molecule has 2 aromatic heterocycles. The van der Waals surface area contributed by atoms with Gasteiger partial charge in [-0.25, -0.2) is 22.9 Å². The van der Waals surface area contributed by atoms with Crippen LogP contribution in [-0.2, 0) is 0 Å². The van der Waals surface area contributed by atoms with Crippen molar-refractivity contribution in [3.05, 3.63) is 74.8 Å². The lowest BCUT2D eigenvalue weighted by Crippen LogP contribution is -2.34. The molecule has 1 fully saturated rings. The smallest absolute Gasteiger partial charge is 0.341 e. The monoisotopic (exact) mass is 458 g/mol. The van der Waals surface area contributed by atoms with E-state index in [9.17, 15) is 23.5 Å². The van der Waals surface area contributed by atoms with Crippen LogP contribution in [0.15, 0.2) is 46.4 Å². The first kappa shape index (κ1) is 22.5. The first-order valence-electron chi connectivity index (χ1n) is 10.3. The Morgan fingerprint density at radius 3 is 2.64 bits per heavy atom. The third kappa shape index (κ3) is 4.09. The average molecular weight is 458 g/mol. The summed E-state index contributed by atoms with van der Waals surface area (Å²) in [5, 5.41) is 9.11. The Balaban J connectivity index is 1.98. The standard InChI is InChI=1S/C23H21F3N4O3/c1-12(9-27)13-3-2-6-29(10-13)22-18(26)8-15-20(31)16(23(32)33)11-30(21(15)28-22)19-5-4-14(24)7-17(19)25/h4-5,7-8,11H,2-3,6,9-10,27H2,1H3,(H,32,33)/b13-12-.